The number of ether oxygens (including phenoxy) is 1. The standard InChI is InChI=1S/C22H25N3O4S2/c1-4-25(5-2)31(27,28)20-14-17(12-13-19(20)29-6-3)23-21(26)18-15-30-22(24-18)16-10-8-7-9-11-16/h7-15H,4-6H2,1-3H3,(H,23,26). The highest BCUT2D eigenvalue weighted by molar-refractivity contribution is 7.89. The van der Waals surface area contributed by atoms with Gasteiger partial charge in [-0.05, 0) is 25.1 Å². The van der Waals surface area contributed by atoms with E-state index in [1.54, 1.807) is 38.3 Å². The van der Waals surface area contributed by atoms with Gasteiger partial charge in [0.15, 0.2) is 0 Å². The van der Waals surface area contributed by atoms with Gasteiger partial charge in [-0.2, -0.15) is 4.31 Å². The first-order chi connectivity index (χ1) is 14.9. The van der Waals surface area contributed by atoms with Crippen LogP contribution < -0.4 is 10.1 Å². The monoisotopic (exact) mass is 459 g/mol. The quantitative estimate of drug-likeness (QED) is 0.509. The molecular formula is C22H25N3O4S2. The predicted octanol–water partition coefficient (Wildman–Crippen LogP) is 4.49. The van der Waals surface area contributed by atoms with Crippen LogP contribution in [0.25, 0.3) is 10.6 Å². The van der Waals surface area contributed by atoms with Gasteiger partial charge < -0.3 is 10.1 Å². The van der Waals surface area contributed by atoms with Crippen molar-refractivity contribution in [3.05, 3.63) is 59.6 Å². The van der Waals surface area contributed by atoms with E-state index in [1.807, 2.05) is 30.3 Å². The fourth-order valence-corrected chi connectivity index (χ4v) is 5.47. The zero-order chi connectivity index (χ0) is 22.4. The summed E-state index contributed by atoms with van der Waals surface area (Å²) in [6.07, 6.45) is 0. The van der Waals surface area contributed by atoms with Crippen molar-refractivity contribution < 1.29 is 17.9 Å². The van der Waals surface area contributed by atoms with E-state index in [9.17, 15) is 13.2 Å². The molecule has 0 bridgehead atoms. The molecular weight excluding hydrogens is 434 g/mol. The van der Waals surface area contributed by atoms with Gasteiger partial charge in [0.1, 0.15) is 21.3 Å². The van der Waals surface area contributed by atoms with Gasteiger partial charge in [0.05, 0.1) is 6.61 Å². The van der Waals surface area contributed by atoms with E-state index in [0.29, 0.717) is 25.4 Å². The van der Waals surface area contributed by atoms with Gasteiger partial charge in [-0.25, -0.2) is 13.4 Å². The minimum Gasteiger partial charge on any atom is -0.492 e. The second-order valence-electron chi connectivity index (χ2n) is 6.54. The molecule has 7 nitrogen and oxygen atoms in total. The molecule has 31 heavy (non-hydrogen) atoms. The van der Waals surface area contributed by atoms with Crippen LogP contribution in [0.2, 0.25) is 0 Å². The predicted molar refractivity (Wildman–Crippen MR) is 123 cm³/mol. The first kappa shape index (κ1) is 22.9. The van der Waals surface area contributed by atoms with Crippen molar-refractivity contribution >= 4 is 33.0 Å². The maximum absolute atomic E-state index is 13.1. The number of carbonyl (C=O) groups excluding carboxylic acids is 1. The fourth-order valence-electron chi connectivity index (χ4n) is 3.05. The third kappa shape index (κ3) is 5.12. The van der Waals surface area contributed by atoms with Crippen LogP contribution in [-0.2, 0) is 10.0 Å². The molecule has 164 valence electrons. The van der Waals surface area contributed by atoms with Gasteiger partial charge in [0, 0.05) is 29.7 Å². The Hall–Kier alpha value is -2.75. The van der Waals surface area contributed by atoms with Crippen LogP contribution in [0.15, 0.2) is 58.8 Å². The molecule has 1 aromatic heterocycles. The van der Waals surface area contributed by atoms with Crippen LogP contribution in [0, 0.1) is 0 Å². The van der Waals surface area contributed by atoms with Gasteiger partial charge in [-0.15, -0.1) is 11.3 Å². The number of rotatable bonds is 9. The average Bonchev–Trinajstić information content (AvgIpc) is 3.27. The molecule has 0 aliphatic carbocycles. The number of benzene rings is 2. The van der Waals surface area contributed by atoms with Crippen LogP contribution >= 0.6 is 11.3 Å². The van der Waals surface area contributed by atoms with Crippen molar-refractivity contribution in [3.8, 4) is 16.3 Å². The van der Waals surface area contributed by atoms with E-state index in [4.69, 9.17) is 4.74 Å². The van der Waals surface area contributed by atoms with Gasteiger partial charge in [-0.1, -0.05) is 44.2 Å². The van der Waals surface area contributed by atoms with Gasteiger partial charge in [-0.3, -0.25) is 4.79 Å². The minimum atomic E-state index is -3.77. The average molecular weight is 460 g/mol. The summed E-state index contributed by atoms with van der Waals surface area (Å²) in [5, 5.41) is 5.17. The first-order valence-corrected chi connectivity index (χ1v) is 12.3. The molecule has 1 amide bonds. The molecule has 0 atom stereocenters. The van der Waals surface area contributed by atoms with Crippen LogP contribution in [0.5, 0.6) is 5.75 Å². The van der Waals surface area contributed by atoms with E-state index in [-0.39, 0.29) is 16.3 Å². The Labute approximate surface area is 186 Å². The second kappa shape index (κ2) is 10.0. The molecule has 3 aromatic rings. The number of nitrogens with zero attached hydrogens (tertiary/aromatic N) is 2. The zero-order valence-corrected chi connectivity index (χ0v) is 19.3. The molecule has 0 spiro atoms. The van der Waals surface area contributed by atoms with Crippen molar-refractivity contribution in [2.75, 3.05) is 25.0 Å². The molecule has 0 aliphatic heterocycles. The highest BCUT2D eigenvalue weighted by atomic mass is 32.2. The van der Waals surface area contributed by atoms with Gasteiger partial charge in [0.25, 0.3) is 5.91 Å². The number of hydrogen-bond donors (Lipinski definition) is 1. The highest BCUT2D eigenvalue weighted by Crippen LogP contribution is 2.30. The van der Waals surface area contributed by atoms with Crippen molar-refractivity contribution in [2.45, 2.75) is 25.7 Å². The van der Waals surface area contributed by atoms with E-state index >= 15 is 0 Å². The molecule has 3 rings (SSSR count). The second-order valence-corrected chi connectivity index (χ2v) is 9.31. The molecule has 0 radical (unpaired) electrons. The van der Waals surface area contributed by atoms with E-state index < -0.39 is 15.9 Å². The number of sulfonamides is 1. The molecule has 1 N–H and O–H groups in total. The molecule has 0 aliphatic rings. The lowest BCUT2D eigenvalue weighted by Gasteiger charge is -2.21. The topological polar surface area (TPSA) is 88.6 Å². The SMILES string of the molecule is CCOc1ccc(NC(=O)c2csc(-c3ccccc3)n2)cc1S(=O)(=O)N(CC)CC. The molecule has 0 saturated carbocycles. The summed E-state index contributed by atoms with van der Waals surface area (Å²) >= 11 is 1.37. The minimum absolute atomic E-state index is 0.0269. The Balaban J connectivity index is 1.88. The summed E-state index contributed by atoms with van der Waals surface area (Å²) in [5.41, 5.74) is 1.56. The third-order valence-electron chi connectivity index (χ3n) is 4.58. The van der Waals surface area contributed by atoms with E-state index in [1.165, 1.54) is 21.7 Å². The molecule has 0 unspecified atom stereocenters. The van der Waals surface area contributed by atoms with Crippen LogP contribution in [0.4, 0.5) is 5.69 Å². The van der Waals surface area contributed by atoms with Crippen molar-refractivity contribution in [1.29, 1.82) is 0 Å². The lowest BCUT2D eigenvalue weighted by atomic mass is 10.2. The molecule has 2 aromatic carbocycles. The largest absolute Gasteiger partial charge is 0.492 e. The number of amides is 1. The number of thiazole rings is 1. The van der Waals surface area contributed by atoms with Crippen LogP contribution in [0.1, 0.15) is 31.3 Å². The van der Waals surface area contributed by atoms with E-state index in [0.717, 1.165) is 10.6 Å². The summed E-state index contributed by atoms with van der Waals surface area (Å²) in [6.45, 7) is 6.34. The van der Waals surface area contributed by atoms with Crippen molar-refractivity contribution in [3.63, 3.8) is 0 Å². The van der Waals surface area contributed by atoms with Crippen LogP contribution in [-0.4, -0.2) is 43.3 Å². The smallest absolute Gasteiger partial charge is 0.275 e. The summed E-state index contributed by atoms with van der Waals surface area (Å²) < 4.78 is 33.0. The Kier molecular flexibility index (Phi) is 7.42. The Bertz CT molecular complexity index is 1140. The summed E-state index contributed by atoms with van der Waals surface area (Å²) in [7, 11) is -3.77. The summed E-state index contributed by atoms with van der Waals surface area (Å²) in [6, 6.07) is 14.2. The zero-order valence-electron chi connectivity index (χ0n) is 17.7. The number of carbonyl (C=O) groups is 1. The van der Waals surface area contributed by atoms with Crippen molar-refractivity contribution in [2.24, 2.45) is 0 Å². The van der Waals surface area contributed by atoms with Gasteiger partial charge >= 0.3 is 0 Å². The molecule has 0 fully saturated rings. The Morgan fingerprint density at radius 1 is 1.10 bits per heavy atom. The Morgan fingerprint density at radius 3 is 2.45 bits per heavy atom. The number of hydrogen-bond acceptors (Lipinski definition) is 6. The summed E-state index contributed by atoms with van der Waals surface area (Å²) in [4.78, 5) is 17.2. The number of aromatic nitrogens is 1. The van der Waals surface area contributed by atoms with Crippen LogP contribution in [0.3, 0.4) is 0 Å². The maximum Gasteiger partial charge on any atom is 0.275 e. The lowest BCUT2D eigenvalue weighted by Crippen LogP contribution is -2.31. The third-order valence-corrected chi connectivity index (χ3v) is 7.54. The maximum atomic E-state index is 13.1. The molecule has 1 heterocycles. The molecule has 9 heteroatoms. The van der Waals surface area contributed by atoms with Crippen molar-refractivity contribution in [1.82, 2.24) is 9.29 Å². The van der Waals surface area contributed by atoms with Gasteiger partial charge in [0.2, 0.25) is 10.0 Å². The number of nitrogens with one attached hydrogen (secondary N) is 1. The lowest BCUT2D eigenvalue weighted by molar-refractivity contribution is 0.102. The Morgan fingerprint density at radius 2 is 1.81 bits per heavy atom. The first-order valence-electron chi connectivity index (χ1n) is 10.00. The normalized spacial score (nSPS) is 11.5. The highest BCUT2D eigenvalue weighted by Gasteiger charge is 2.26. The fraction of sp³-hybridized carbons (Fsp3) is 0.273. The van der Waals surface area contributed by atoms with E-state index in [2.05, 4.69) is 10.3 Å². The molecule has 0 saturated heterocycles. The number of anilines is 1. The summed E-state index contributed by atoms with van der Waals surface area (Å²) in [5.74, 6) is -0.152.